The van der Waals surface area contributed by atoms with E-state index in [1.54, 1.807) is 6.92 Å². The van der Waals surface area contributed by atoms with Crippen LogP contribution in [-0.2, 0) is 5.60 Å². The van der Waals surface area contributed by atoms with Crippen LogP contribution in [0.5, 0.6) is 0 Å². The van der Waals surface area contributed by atoms with E-state index < -0.39 is 23.5 Å². The van der Waals surface area contributed by atoms with Gasteiger partial charge in [-0.15, -0.1) is 0 Å². The van der Waals surface area contributed by atoms with Crippen molar-refractivity contribution in [2.45, 2.75) is 37.8 Å². The zero-order valence-corrected chi connectivity index (χ0v) is 14.2. The van der Waals surface area contributed by atoms with Crippen molar-refractivity contribution in [2.24, 2.45) is 0 Å². The number of nitrogens with one attached hydrogen (secondary N) is 1. The number of aliphatic hydroxyl groups is 1. The first-order valence-corrected chi connectivity index (χ1v) is 8.04. The van der Waals surface area contributed by atoms with E-state index in [0.717, 1.165) is 6.07 Å². The van der Waals surface area contributed by atoms with E-state index in [1.807, 2.05) is 11.8 Å². The van der Waals surface area contributed by atoms with Crippen LogP contribution in [-0.4, -0.2) is 43.1 Å². The summed E-state index contributed by atoms with van der Waals surface area (Å²) >= 11 is 0. The van der Waals surface area contributed by atoms with E-state index in [1.165, 1.54) is 18.2 Å². The van der Waals surface area contributed by atoms with Crippen LogP contribution < -0.4 is 10.2 Å². The summed E-state index contributed by atoms with van der Waals surface area (Å²) in [5, 5.41) is 12.8. The Kier molecular flexibility index (Phi) is 5.63. The molecule has 2 rings (SSSR count). The monoisotopic (exact) mass is 382 g/mol. The van der Waals surface area contributed by atoms with Gasteiger partial charge in [0.15, 0.2) is 0 Å². The van der Waals surface area contributed by atoms with Gasteiger partial charge < -0.3 is 15.3 Å². The summed E-state index contributed by atoms with van der Waals surface area (Å²) in [5.41, 5.74) is -5.47. The van der Waals surface area contributed by atoms with Crippen LogP contribution in [0, 0.1) is 0 Å². The summed E-state index contributed by atoms with van der Waals surface area (Å²) in [6.07, 6.45) is -8.85. The molecule has 1 atom stereocenters. The van der Waals surface area contributed by atoms with Crippen LogP contribution in [0.4, 0.5) is 32.0 Å². The number of anilines is 1. The minimum atomic E-state index is -5.90. The lowest BCUT2D eigenvalue weighted by Gasteiger charge is -2.38. The van der Waals surface area contributed by atoms with Crippen molar-refractivity contribution in [3.8, 4) is 0 Å². The van der Waals surface area contributed by atoms with Gasteiger partial charge in [-0.2, -0.15) is 26.3 Å². The first-order chi connectivity index (χ1) is 11.9. The minimum absolute atomic E-state index is 0.0164. The van der Waals surface area contributed by atoms with Gasteiger partial charge in [0, 0.05) is 36.9 Å². The number of alkyl halides is 6. The number of rotatable bonds is 3. The van der Waals surface area contributed by atoms with Crippen LogP contribution in [0.3, 0.4) is 0 Å². The van der Waals surface area contributed by atoms with E-state index in [9.17, 15) is 31.4 Å². The largest absolute Gasteiger partial charge is 0.430 e. The van der Waals surface area contributed by atoms with Crippen molar-refractivity contribution in [1.29, 1.82) is 0 Å². The van der Waals surface area contributed by atoms with Crippen LogP contribution in [0.1, 0.15) is 25.0 Å². The molecule has 9 heteroatoms. The molecule has 0 radical (unpaired) electrons. The zero-order chi connectivity index (χ0) is 19.8. The fourth-order valence-electron chi connectivity index (χ4n) is 3.04. The predicted molar refractivity (Wildman–Crippen MR) is 86.8 cm³/mol. The fourth-order valence-corrected chi connectivity index (χ4v) is 3.04. The smallest absolute Gasteiger partial charge is 0.369 e. The molecule has 2 N–H and O–H groups in total. The number of piperazine rings is 1. The summed E-state index contributed by atoms with van der Waals surface area (Å²) in [6.45, 7) is 5.37. The number of hydrogen-bond donors (Lipinski definition) is 2. The predicted octanol–water partition coefficient (Wildman–Crippen LogP) is 3.83. The highest BCUT2D eigenvalue weighted by Crippen LogP contribution is 2.50. The number of hydrogen-bond acceptors (Lipinski definition) is 3. The first-order valence-electron chi connectivity index (χ1n) is 8.04. The van der Waals surface area contributed by atoms with Crippen molar-refractivity contribution in [1.82, 2.24) is 5.32 Å². The van der Waals surface area contributed by atoms with Gasteiger partial charge in [-0.1, -0.05) is 18.2 Å². The van der Waals surface area contributed by atoms with Gasteiger partial charge in [0.2, 0.25) is 0 Å². The molecule has 3 nitrogen and oxygen atoms in total. The highest BCUT2D eigenvalue weighted by atomic mass is 19.4. The van der Waals surface area contributed by atoms with E-state index in [0.29, 0.717) is 31.4 Å². The molecule has 1 aliphatic heterocycles. The highest BCUT2D eigenvalue weighted by Gasteiger charge is 2.71. The summed E-state index contributed by atoms with van der Waals surface area (Å²) in [6, 6.07) is 2.67. The zero-order valence-electron chi connectivity index (χ0n) is 14.2. The molecule has 0 aromatic heterocycles. The Morgan fingerprint density at radius 3 is 2.27 bits per heavy atom. The topological polar surface area (TPSA) is 35.5 Å². The molecule has 0 aliphatic carbocycles. The lowest BCUT2D eigenvalue weighted by atomic mass is 9.90. The molecule has 0 unspecified atom stereocenters. The third-order valence-corrected chi connectivity index (χ3v) is 4.42. The lowest BCUT2D eigenvalue weighted by Crippen LogP contribution is -2.54. The van der Waals surface area contributed by atoms with Crippen molar-refractivity contribution in [3.05, 3.63) is 35.4 Å². The quantitative estimate of drug-likeness (QED) is 0.780. The molecule has 26 heavy (non-hydrogen) atoms. The van der Waals surface area contributed by atoms with Gasteiger partial charge in [-0.05, 0) is 31.5 Å². The van der Waals surface area contributed by atoms with Crippen molar-refractivity contribution in [3.63, 3.8) is 0 Å². The highest BCUT2D eigenvalue weighted by molar-refractivity contribution is 5.69. The molecule has 146 valence electrons. The van der Waals surface area contributed by atoms with Crippen molar-refractivity contribution < 1.29 is 31.4 Å². The standard InChI is InChI=1S/C17H20F6N2O/c1-3-4-12-9-13(15(26,16(18,19)20)17(21,22)23)5-6-14(12)25-8-7-24-10-11(25)2/h3-6,9,11,24,26H,7-8,10H2,1-2H3/t11-/m1/s1. The first kappa shape index (κ1) is 20.6. The molecule has 1 aromatic carbocycles. The Morgan fingerprint density at radius 1 is 1.15 bits per heavy atom. The summed E-state index contributed by atoms with van der Waals surface area (Å²) in [4.78, 5) is 1.91. The Hall–Kier alpha value is -1.74. The van der Waals surface area contributed by atoms with Crippen molar-refractivity contribution in [2.75, 3.05) is 24.5 Å². The molecule has 1 aliphatic rings. The summed E-state index contributed by atoms with van der Waals surface area (Å²) < 4.78 is 78.7. The number of halogens is 6. The second kappa shape index (κ2) is 7.11. The Balaban J connectivity index is 2.60. The maximum absolute atomic E-state index is 13.1. The van der Waals surface area contributed by atoms with Gasteiger partial charge in [-0.25, -0.2) is 0 Å². The van der Waals surface area contributed by atoms with E-state index in [2.05, 4.69) is 5.32 Å². The third kappa shape index (κ3) is 3.55. The second-order valence-corrected chi connectivity index (χ2v) is 6.23. The lowest BCUT2D eigenvalue weighted by molar-refractivity contribution is -0.376. The molecule has 0 amide bonds. The molecule has 1 saturated heterocycles. The SMILES string of the molecule is CC=Cc1cc(C(O)(C(F)(F)F)C(F)(F)F)ccc1N1CCNC[C@H]1C. The second-order valence-electron chi connectivity index (χ2n) is 6.23. The molecular formula is C17H20F6N2O. The molecule has 0 saturated carbocycles. The van der Waals surface area contributed by atoms with Crippen LogP contribution in [0.2, 0.25) is 0 Å². The van der Waals surface area contributed by atoms with Gasteiger partial charge in [0.1, 0.15) is 0 Å². The maximum atomic E-state index is 13.1. The molecule has 1 fully saturated rings. The summed E-state index contributed by atoms with van der Waals surface area (Å²) in [7, 11) is 0. The van der Waals surface area contributed by atoms with Gasteiger partial charge >= 0.3 is 12.4 Å². The molecule has 1 heterocycles. The molecule has 0 bridgehead atoms. The molecule has 1 aromatic rings. The van der Waals surface area contributed by atoms with Crippen LogP contribution >= 0.6 is 0 Å². The molecular weight excluding hydrogens is 362 g/mol. The summed E-state index contributed by atoms with van der Waals surface area (Å²) in [5.74, 6) is 0. The Labute approximate surface area is 147 Å². The molecule has 0 spiro atoms. The fraction of sp³-hybridized carbons (Fsp3) is 0.529. The third-order valence-electron chi connectivity index (χ3n) is 4.42. The van der Waals surface area contributed by atoms with Gasteiger partial charge in [0.05, 0.1) is 0 Å². The maximum Gasteiger partial charge on any atom is 0.430 e. The van der Waals surface area contributed by atoms with E-state index in [4.69, 9.17) is 0 Å². The number of nitrogens with zero attached hydrogens (tertiary/aromatic N) is 1. The van der Waals surface area contributed by atoms with Gasteiger partial charge in [-0.3, -0.25) is 0 Å². The minimum Gasteiger partial charge on any atom is -0.369 e. The average molecular weight is 382 g/mol. The van der Waals surface area contributed by atoms with E-state index >= 15 is 0 Å². The Morgan fingerprint density at radius 2 is 1.77 bits per heavy atom. The van der Waals surface area contributed by atoms with Crippen LogP contribution in [0.25, 0.3) is 6.08 Å². The van der Waals surface area contributed by atoms with Crippen molar-refractivity contribution >= 4 is 11.8 Å². The number of allylic oxidation sites excluding steroid dienone is 1. The Bertz CT molecular complexity index is 654. The number of benzene rings is 1. The van der Waals surface area contributed by atoms with Gasteiger partial charge in [0.25, 0.3) is 5.60 Å². The van der Waals surface area contributed by atoms with Crippen LogP contribution in [0.15, 0.2) is 24.3 Å². The van der Waals surface area contributed by atoms with E-state index in [-0.39, 0.29) is 11.6 Å². The normalized spacial score (nSPS) is 20.0. The average Bonchev–Trinajstić information content (AvgIpc) is 2.53.